The lowest BCUT2D eigenvalue weighted by atomic mass is 9.80. The van der Waals surface area contributed by atoms with E-state index in [1.165, 1.54) is 11.2 Å². The molecular formula is C45H58N7O10P. The van der Waals surface area contributed by atoms with Gasteiger partial charge in [-0.15, -0.1) is 0 Å². The van der Waals surface area contributed by atoms with Gasteiger partial charge in [-0.1, -0.05) is 68.4 Å². The van der Waals surface area contributed by atoms with Crippen molar-refractivity contribution in [2.24, 2.45) is 5.92 Å². The average molecular weight is 888 g/mol. The van der Waals surface area contributed by atoms with Gasteiger partial charge >= 0.3 is 7.75 Å². The van der Waals surface area contributed by atoms with E-state index in [-0.39, 0.29) is 67.2 Å². The molecule has 4 atom stereocenters. The Hall–Kier alpha value is -5.42. The molecule has 0 spiro atoms. The highest BCUT2D eigenvalue weighted by molar-refractivity contribution is 7.51. The van der Waals surface area contributed by atoms with E-state index < -0.39 is 37.3 Å². The highest BCUT2D eigenvalue weighted by Crippen LogP contribution is 2.57. The Balaban J connectivity index is 1.47. The summed E-state index contributed by atoms with van der Waals surface area (Å²) in [5, 5.41) is 2.66. The highest BCUT2D eigenvalue weighted by atomic mass is 31.2. The van der Waals surface area contributed by atoms with Crippen LogP contribution in [0.3, 0.4) is 0 Å². The lowest BCUT2D eigenvalue weighted by Gasteiger charge is -2.39. The van der Waals surface area contributed by atoms with Crippen LogP contribution in [0.5, 0.6) is 11.5 Å². The maximum Gasteiger partial charge on any atom is 0.409 e. The second-order valence-corrected chi connectivity index (χ2v) is 18.0. The molecule has 3 aromatic carbocycles. The molecule has 3 heterocycles. The number of rotatable bonds is 21. The van der Waals surface area contributed by atoms with Crippen molar-refractivity contribution in [3.63, 3.8) is 0 Å². The van der Waals surface area contributed by atoms with Crippen LogP contribution in [0.15, 0.2) is 90.0 Å². The van der Waals surface area contributed by atoms with Crippen LogP contribution in [-0.4, -0.2) is 107 Å². The second kappa shape index (κ2) is 20.4. The number of nitrogens with zero attached hydrogens (tertiary/aromatic N) is 5. The molecule has 2 amide bonds. The summed E-state index contributed by atoms with van der Waals surface area (Å²) in [6, 6.07) is 24.5. The molecule has 2 N–H and O–H groups in total. The van der Waals surface area contributed by atoms with E-state index in [2.05, 4.69) is 20.3 Å². The van der Waals surface area contributed by atoms with Crippen molar-refractivity contribution >= 4 is 37.2 Å². The van der Waals surface area contributed by atoms with Crippen LogP contribution in [0.25, 0.3) is 11.2 Å². The van der Waals surface area contributed by atoms with Crippen LogP contribution in [0.4, 0.5) is 5.95 Å². The number of imidazole rings is 1. The maximum atomic E-state index is 15.3. The van der Waals surface area contributed by atoms with Gasteiger partial charge in [0.25, 0.3) is 5.56 Å². The number of ether oxygens (including phenoxy) is 4. The Labute approximate surface area is 367 Å². The second-order valence-electron chi connectivity index (χ2n) is 16.2. The number of aromatic amines is 1. The van der Waals surface area contributed by atoms with E-state index in [4.69, 9.17) is 28.0 Å². The first-order valence-electron chi connectivity index (χ1n) is 20.9. The highest BCUT2D eigenvalue weighted by Gasteiger charge is 2.48. The third kappa shape index (κ3) is 10.4. The number of hydrogen-bond donors (Lipinski definition) is 2. The zero-order valence-corrected chi connectivity index (χ0v) is 38.1. The first kappa shape index (κ1) is 47.1. The normalized spacial score (nSPS) is 17.7. The van der Waals surface area contributed by atoms with Crippen LogP contribution < -0.4 is 20.3 Å². The molecule has 1 saturated heterocycles. The number of likely N-dealkylation sites (N-methyl/N-ethyl adjacent to an activating group) is 1. The third-order valence-electron chi connectivity index (χ3n) is 10.8. The molecule has 18 heteroatoms. The molecule has 1 aliphatic rings. The smallest absolute Gasteiger partial charge is 0.409 e. The van der Waals surface area contributed by atoms with Crippen molar-refractivity contribution in [1.29, 1.82) is 0 Å². The fourth-order valence-electron chi connectivity index (χ4n) is 7.71. The molecule has 0 radical (unpaired) electrons. The van der Waals surface area contributed by atoms with E-state index >= 15 is 4.57 Å². The number of benzene rings is 3. The Morgan fingerprint density at radius 3 is 2.08 bits per heavy atom. The van der Waals surface area contributed by atoms with Crippen LogP contribution in [-0.2, 0) is 38.3 Å². The van der Waals surface area contributed by atoms with Gasteiger partial charge in [0, 0.05) is 38.0 Å². The van der Waals surface area contributed by atoms with Crippen molar-refractivity contribution in [1.82, 2.24) is 29.1 Å². The van der Waals surface area contributed by atoms with Crippen molar-refractivity contribution in [2.45, 2.75) is 84.1 Å². The molecule has 5 aromatic rings. The van der Waals surface area contributed by atoms with Gasteiger partial charge in [-0.2, -0.15) is 4.98 Å². The standard InChI is InChI=1S/C45H58N7O10P/c1-29(2)42(54)48-44-47-41-40(43(55)49-44)46-27-51(41)39-25-37(62-63(56,52(30(3)4)31(5)6)60-24-23-50(7)28-53)38(61-39)26-59-45(32-13-11-10-12-14-32,33-15-19-35(57-8)20-16-33)34-17-21-36(58-9)22-18-34/h10-22,27-31,37-39H,23-26H2,1-9H3,(H2,47,48,49,54,55)/t37-,38+,39+,63?/m0/s1. The van der Waals surface area contributed by atoms with Gasteiger partial charge in [0.1, 0.15) is 35.5 Å². The molecule has 0 aliphatic carbocycles. The van der Waals surface area contributed by atoms with Crippen LogP contribution in [0.1, 0.15) is 70.9 Å². The topological polar surface area (TPSA) is 189 Å². The molecule has 1 fully saturated rings. The molecule has 0 saturated carbocycles. The summed E-state index contributed by atoms with van der Waals surface area (Å²) in [6.07, 6.45) is -0.523. The number of hydrogen-bond acceptors (Lipinski definition) is 12. The van der Waals surface area contributed by atoms with Gasteiger partial charge in [-0.25, -0.2) is 14.2 Å². The van der Waals surface area contributed by atoms with Crippen molar-refractivity contribution in [3.8, 4) is 11.5 Å². The van der Waals surface area contributed by atoms with Gasteiger partial charge in [-0.3, -0.25) is 38.3 Å². The average Bonchev–Trinajstić information content (AvgIpc) is 3.88. The Morgan fingerprint density at radius 1 is 0.952 bits per heavy atom. The largest absolute Gasteiger partial charge is 0.497 e. The van der Waals surface area contributed by atoms with E-state index in [9.17, 15) is 14.4 Å². The zero-order chi connectivity index (χ0) is 45.5. The molecular weight excluding hydrogens is 830 g/mol. The first-order valence-corrected chi connectivity index (χ1v) is 22.4. The number of aromatic nitrogens is 4. The number of carbonyl (C=O) groups is 2. The van der Waals surface area contributed by atoms with Gasteiger partial charge in [0.15, 0.2) is 11.2 Å². The maximum absolute atomic E-state index is 15.3. The summed E-state index contributed by atoms with van der Waals surface area (Å²) >= 11 is 0. The van der Waals surface area contributed by atoms with Gasteiger partial charge in [-0.05, 0) is 68.7 Å². The molecule has 2 aromatic heterocycles. The third-order valence-corrected chi connectivity index (χ3v) is 13.4. The lowest BCUT2D eigenvalue weighted by Crippen LogP contribution is -2.41. The number of carbonyl (C=O) groups excluding carboxylic acids is 2. The van der Waals surface area contributed by atoms with E-state index in [0.717, 1.165) is 16.7 Å². The molecule has 17 nitrogen and oxygen atoms in total. The number of fused-ring (bicyclic) bond motifs is 1. The molecule has 6 rings (SSSR count). The van der Waals surface area contributed by atoms with Gasteiger partial charge in [0.2, 0.25) is 18.3 Å². The fraction of sp³-hybridized carbons (Fsp3) is 0.444. The van der Waals surface area contributed by atoms with Crippen molar-refractivity contribution < 1.29 is 42.1 Å². The van der Waals surface area contributed by atoms with Crippen molar-refractivity contribution in [3.05, 3.63) is 112 Å². The van der Waals surface area contributed by atoms with E-state index in [1.807, 2.05) is 107 Å². The minimum Gasteiger partial charge on any atom is -0.497 e. The predicted molar refractivity (Wildman–Crippen MR) is 238 cm³/mol. The van der Waals surface area contributed by atoms with E-state index in [1.54, 1.807) is 44.4 Å². The fourth-order valence-corrected chi connectivity index (χ4v) is 10.0. The van der Waals surface area contributed by atoms with Crippen LogP contribution >= 0.6 is 7.75 Å². The van der Waals surface area contributed by atoms with Gasteiger partial charge in [0.05, 0.1) is 33.8 Å². The summed E-state index contributed by atoms with van der Waals surface area (Å²) in [6.45, 7) is 11.0. The number of H-pyrrole nitrogens is 1. The SMILES string of the molecule is COc1ccc(C(OC[C@H]2O[C@@H](n3cnc4c(=O)[nH]c(NC(=O)C(C)C)nc43)C[C@@H]2OP(=O)(OCCN(C)C=O)N(C(C)C)C(C)C)(c2ccccc2)c2ccc(OC)cc2)cc1. The summed E-state index contributed by atoms with van der Waals surface area (Å²) in [5.41, 5.74) is 0.758. The van der Waals surface area contributed by atoms with Crippen LogP contribution in [0, 0.1) is 5.92 Å². The lowest BCUT2D eigenvalue weighted by molar-refractivity contribution is -0.119. The minimum atomic E-state index is -4.16. The first-order chi connectivity index (χ1) is 30.1. The summed E-state index contributed by atoms with van der Waals surface area (Å²) < 4.78 is 56.8. The number of anilines is 1. The van der Waals surface area contributed by atoms with Gasteiger partial charge < -0.3 is 23.8 Å². The van der Waals surface area contributed by atoms with E-state index in [0.29, 0.717) is 17.9 Å². The number of methoxy groups -OCH3 is 2. The number of nitrogens with one attached hydrogen (secondary N) is 2. The summed E-state index contributed by atoms with van der Waals surface area (Å²) in [5.74, 6) is 0.560. The monoisotopic (exact) mass is 887 g/mol. The summed E-state index contributed by atoms with van der Waals surface area (Å²) in [7, 11) is 0.653. The summed E-state index contributed by atoms with van der Waals surface area (Å²) in [4.78, 5) is 50.3. The quantitative estimate of drug-likeness (QED) is 0.0448. The Kier molecular flexibility index (Phi) is 15.2. The molecule has 0 bridgehead atoms. The van der Waals surface area contributed by atoms with Crippen LogP contribution in [0.2, 0.25) is 0 Å². The molecule has 338 valence electrons. The molecule has 1 aliphatic heterocycles. The Morgan fingerprint density at radius 2 is 1.54 bits per heavy atom. The molecule has 1 unspecified atom stereocenters. The minimum absolute atomic E-state index is 0.0273. The predicted octanol–water partition coefficient (Wildman–Crippen LogP) is 6.74. The van der Waals surface area contributed by atoms with Crippen molar-refractivity contribution in [2.75, 3.05) is 46.3 Å². The number of amides is 2. The zero-order valence-electron chi connectivity index (χ0n) is 37.2. The molecule has 63 heavy (non-hydrogen) atoms. The Bertz CT molecular complexity index is 2350.